The van der Waals surface area contributed by atoms with Crippen LogP contribution in [0.3, 0.4) is 0 Å². The van der Waals surface area contributed by atoms with Gasteiger partial charge in [-0.05, 0) is 51.3 Å². The summed E-state index contributed by atoms with van der Waals surface area (Å²) in [5.74, 6) is 0.738. The molecule has 2 rings (SSSR count). The lowest BCUT2D eigenvalue weighted by atomic mass is 10.1. The van der Waals surface area contributed by atoms with Gasteiger partial charge in [-0.15, -0.1) is 0 Å². The molecule has 0 amide bonds. The van der Waals surface area contributed by atoms with Crippen molar-refractivity contribution in [2.24, 2.45) is 0 Å². The quantitative estimate of drug-likeness (QED) is 0.897. The van der Waals surface area contributed by atoms with E-state index in [0.29, 0.717) is 11.6 Å². The summed E-state index contributed by atoms with van der Waals surface area (Å²) < 4.78 is 11.3. The van der Waals surface area contributed by atoms with Crippen LogP contribution >= 0.6 is 11.6 Å². The molecule has 1 aromatic rings. The highest BCUT2D eigenvalue weighted by atomic mass is 35.5. The Balaban J connectivity index is 1.88. The summed E-state index contributed by atoms with van der Waals surface area (Å²) in [5, 5.41) is 4.11. The largest absolute Gasteiger partial charge is 0.489 e. The maximum Gasteiger partial charge on any atom is 0.138 e. The molecule has 1 unspecified atom stereocenters. The Morgan fingerprint density at radius 3 is 2.80 bits per heavy atom. The van der Waals surface area contributed by atoms with Crippen LogP contribution in [0.2, 0.25) is 5.02 Å². The summed E-state index contributed by atoms with van der Waals surface area (Å²) in [7, 11) is 0. The molecule has 0 spiro atoms. The van der Waals surface area contributed by atoms with Gasteiger partial charge in [0, 0.05) is 18.7 Å². The summed E-state index contributed by atoms with van der Waals surface area (Å²) in [6.45, 7) is 8.67. The standard InChI is InChI=1S/C16H24ClNO2/c1-16(2,3)18-10-12-6-7-15(14(17)9-12)20-11-13-5-4-8-19-13/h6-7,9,13,18H,4-5,8,10-11H2,1-3H3. The van der Waals surface area contributed by atoms with Gasteiger partial charge in [0.25, 0.3) is 0 Å². The molecule has 0 radical (unpaired) electrons. The first-order valence-electron chi connectivity index (χ1n) is 7.22. The predicted molar refractivity (Wildman–Crippen MR) is 82.5 cm³/mol. The highest BCUT2D eigenvalue weighted by molar-refractivity contribution is 6.32. The van der Waals surface area contributed by atoms with Crippen molar-refractivity contribution in [3.8, 4) is 5.75 Å². The normalized spacial score (nSPS) is 19.3. The van der Waals surface area contributed by atoms with Gasteiger partial charge in [-0.25, -0.2) is 0 Å². The third-order valence-electron chi connectivity index (χ3n) is 3.27. The van der Waals surface area contributed by atoms with E-state index >= 15 is 0 Å². The topological polar surface area (TPSA) is 30.5 Å². The average Bonchev–Trinajstić information content (AvgIpc) is 2.87. The van der Waals surface area contributed by atoms with E-state index in [1.54, 1.807) is 0 Å². The molecule has 1 fully saturated rings. The monoisotopic (exact) mass is 297 g/mol. The van der Waals surface area contributed by atoms with Crippen LogP contribution in [-0.4, -0.2) is 24.9 Å². The van der Waals surface area contributed by atoms with Crippen molar-refractivity contribution in [3.05, 3.63) is 28.8 Å². The van der Waals surface area contributed by atoms with E-state index in [2.05, 4.69) is 32.2 Å². The summed E-state index contributed by atoms with van der Waals surface area (Å²) in [4.78, 5) is 0. The number of rotatable bonds is 5. The lowest BCUT2D eigenvalue weighted by molar-refractivity contribution is 0.0680. The summed E-state index contributed by atoms with van der Waals surface area (Å²) >= 11 is 6.27. The molecule has 112 valence electrons. The van der Waals surface area contributed by atoms with Crippen LogP contribution < -0.4 is 10.1 Å². The van der Waals surface area contributed by atoms with Gasteiger partial charge in [0.05, 0.1) is 11.1 Å². The Hall–Kier alpha value is -0.770. The second-order valence-corrected chi connectivity index (χ2v) is 6.72. The maximum atomic E-state index is 6.27. The van der Waals surface area contributed by atoms with Crippen LogP contribution in [0, 0.1) is 0 Å². The van der Waals surface area contributed by atoms with Crippen molar-refractivity contribution in [3.63, 3.8) is 0 Å². The van der Waals surface area contributed by atoms with Crippen molar-refractivity contribution in [2.45, 2.75) is 51.8 Å². The van der Waals surface area contributed by atoms with E-state index in [9.17, 15) is 0 Å². The molecule has 1 aliphatic rings. The lowest BCUT2D eigenvalue weighted by Crippen LogP contribution is -2.35. The zero-order chi connectivity index (χ0) is 14.6. The Bertz CT molecular complexity index is 437. The molecular weight excluding hydrogens is 274 g/mol. The highest BCUT2D eigenvalue weighted by Gasteiger charge is 2.16. The second kappa shape index (κ2) is 6.79. The van der Waals surface area contributed by atoms with Crippen molar-refractivity contribution in [2.75, 3.05) is 13.2 Å². The molecule has 4 heteroatoms. The SMILES string of the molecule is CC(C)(C)NCc1ccc(OCC2CCCO2)c(Cl)c1. The molecule has 0 aliphatic carbocycles. The van der Waals surface area contributed by atoms with Crippen LogP contribution in [0.15, 0.2) is 18.2 Å². The summed E-state index contributed by atoms with van der Waals surface area (Å²) in [6.07, 6.45) is 2.41. The van der Waals surface area contributed by atoms with Gasteiger partial charge in [0.15, 0.2) is 0 Å². The van der Waals surface area contributed by atoms with E-state index in [4.69, 9.17) is 21.1 Å². The van der Waals surface area contributed by atoms with Crippen molar-refractivity contribution in [1.29, 1.82) is 0 Å². The summed E-state index contributed by atoms with van der Waals surface area (Å²) in [6, 6.07) is 5.96. The van der Waals surface area contributed by atoms with Crippen LogP contribution in [0.25, 0.3) is 0 Å². The number of hydrogen-bond donors (Lipinski definition) is 1. The molecule has 1 atom stereocenters. The number of benzene rings is 1. The lowest BCUT2D eigenvalue weighted by Gasteiger charge is -2.21. The van der Waals surface area contributed by atoms with Crippen LogP contribution in [0.5, 0.6) is 5.75 Å². The van der Waals surface area contributed by atoms with Gasteiger partial charge in [0.2, 0.25) is 0 Å². The fraction of sp³-hybridized carbons (Fsp3) is 0.625. The van der Waals surface area contributed by atoms with Gasteiger partial charge in [-0.1, -0.05) is 17.7 Å². The minimum atomic E-state index is 0.0987. The molecule has 1 heterocycles. The van der Waals surface area contributed by atoms with E-state index in [0.717, 1.165) is 37.3 Å². The van der Waals surface area contributed by atoms with Crippen LogP contribution in [0.4, 0.5) is 0 Å². The molecule has 1 aromatic carbocycles. The number of nitrogens with one attached hydrogen (secondary N) is 1. The van der Waals surface area contributed by atoms with Gasteiger partial charge in [-0.3, -0.25) is 0 Å². The minimum Gasteiger partial charge on any atom is -0.489 e. The average molecular weight is 298 g/mol. The van der Waals surface area contributed by atoms with Gasteiger partial charge in [0.1, 0.15) is 12.4 Å². The Morgan fingerprint density at radius 1 is 1.40 bits per heavy atom. The molecule has 0 bridgehead atoms. The first-order chi connectivity index (χ1) is 9.44. The van der Waals surface area contributed by atoms with E-state index in [-0.39, 0.29) is 11.6 Å². The highest BCUT2D eigenvalue weighted by Crippen LogP contribution is 2.26. The molecule has 1 N–H and O–H groups in total. The first-order valence-corrected chi connectivity index (χ1v) is 7.60. The zero-order valence-electron chi connectivity index (χ0n) is 12.5. The molecule has 1 aliphatic heterocycles. The molecule has 0 aromatic heterocycles. The second-order valence-electron chi connectivity index (χ2n) is 6.31. The van der Waals surface area contributed by atoms with Gasteiger partial charge in [-0.2, -0.15) is 0 Å². The van der Waals surface area contributed by atoms with Crippen LogP contribution in [0.1, 0.15) is 39.2 Å². The molecular formula is C16H24ClNO2. The summed E-state index contributed by atoms with van der Waals surface area (Å²) in [5.41, 5.74) is 1.26. The van der Waals surface area contributed by atoms with Crippen molar-refractivity contribution < 1.29 is 9.47 Å². The first kappa shape index (κ1) is 15.6. The Labute approximate surface area is 126 Å². The number of halogens is 1. The third-order valence-corrected chi connectivity index (χ3v) is 3.56. The van der Waals surface area contributed by atoms with Crippen LogP contribution in [-0.2, 0) is 11.3 Å². The number of ether oxygens (including phenoxy) is 2. The minimum absolute atomic E-state index is 0.0987. The molecule has 0 saturated carbocycles. The Morgan fingerprint density at radius 2 is 2.20 bits per heavy atom. The van der Waals surface area contributed by atoms with Gasteiger partial charge >= 0.3 is 0 Å². The third kappa shape index (κ3) is 4.97. The predicted octanol–water partition coefficient (Wildman–Crippen LogP) is 3.79. The van der Waals surface area contributed by atoms with Crippen molar-refractivity contribution in [1.82, 2.24) is 5.32 Å². The van der Waals surface area contributed by atoms with Gasteiger partial charge < -0.3 is 14.8 Å². The molecule has 1 saturated heterocycles. The van der Waals surface area contributed by atoms with E-state index in [1.807, 2.05) is 12.1 Å². The Kier molecular flexibility index (Phi) is 5.30. The zero-order valence-corrected chi connectivity index (χ0v) is 13.3. The fourth-order valence-electron chi connectivity index (χ4n) is 2.10. The molecule has 3 nitrogen and oxygen atoms in total. The smallest absolute Gasteiger partial charge is 0.138 e. The number of hydrogen-bond acceptors (Lipinski definition) is 3. The van der Waals surface area contributed by atoms with Crippen molar-refractivity contribution >= 4 is 11.6 Å². The van der Waals surface area contributed by atoms with E-state index in [1.165, 1.54) is 0 Å². The maximum absolute atomic E-state index is 6.27. The molecule has 20 heavy (non-hydrogen) atoms. The van der Waals surface area contributed by atoms with E-state index < -0.39 is 0 Å². The fourth-order valence-corrected chi connectivity index (χ4v) is 2.35.